The van der Waals surface area contributed by atoms with E-state index in [0.29, 0.717) is 17.9 Å². The van der Waals surface area contributed by atoms with E-state index in [1.165, 1.54) is 43.9 Å². The number of hydrogen-bond acceptors (Lipinski definition) is 3. The zero-order chi connectivity index (χ0) is 16.5. The first-order chi connectivity index (χ1) is 11.2. The molecule has 3 nitrogen and oxygen atoms in total. The number of aromatic nitrogens is 1. The smallest absolute Gasteiger partial charge is 0.153 e. The van der Waals surface area contributed by atoms with Crippen LogP contribution in [-0.2, 0) is 0 Å². The molecule has 2 rings (SSSR count). The van der Waals surface area contributed by atoms with Gasteiger partial charge in [0.05, 0.1) is 12.8 Å². The van der Waals surface area contributed by atoms with E-state index < -0.39 is 5.82 Å². The Labute approximate surface area is 137 Å². The van der Waals surface area contributed by atoms with Gasteiger partial charge in [0.15, 0.2) is 5.82 Å². The Morgan fingerprint density at radius 2 is 1.74 bits per heavy atom. The van der Waals surface area contributed by atoms with Gasteiger partial charge in [-0.1, -0.05) is 39.0 Å². The van der Waals surface area contributed by atoms with Crippen molar-refractivity contribution in [2.75, 3.05) is 6.61 Å². The van der Waals surface area contributed by atoms with E-state index >= 15 is 0 Å². The number of phenolic OH excluding ortho intramolecular Hbond substituents is 1. The summed E-state index contributed by atoms with van der Waals surface area (Å²) in [5, 5.41) is 9.27. The molecule has 1 N–H and O–H groups in total. The minimum Gasteiger partial charge on any atom is -0.508 e. The zero-order valence-corrected chi connectivity index (χ0v) is 13.6. The molecule has 0 aliphatic rings. The Balaban J connectivity index is 1.83. The molecule has 0 amide bonds. The predicted molar refractivity (Wildman–Crippen MR) is 90.2 cm³/mol. The molecule has 0 bridgehead atoms. The van der Waals surface area contributed by atoms with Gasteiger partial charge in [-0.15, -0.1) is 0 Å². The Kier molecular flexibility index (Phi) is 6.85. The van der Waals surface area contributed by atoms with Gasteiger partial charge in [0.1, 0.15) is 17.2 Å². The maximum absolute atomic E-state index is 14.1. The molecular formula is C19H24FNO2. The Bertz CT molecular complexity index is 599. The second kappa shape index (κ2) is 9.13. The van der Waals surface area contributed by atoms with Crippen LogP contribution in [0.15, 0.2) is 36.5 Å². The van der Waals surface area contributed by atoms with Gasteiger partial charge in [-0.2, -0.15) is 0 Å². The average molecular weight is 317 g/mol. The molecule has 0 fully saturated rings. The molecule has 4 heteroatoms. The van der Waals surface area contributed by atoms with E-state index in [9.17, 15) is 9.50 Å². The predicted octanol–water partition coefficient (Wildman–Crippen LogP) is 5.33. The number of benzene rings is 1. The molecule has 0 unspecified atom stereocenters. The normalized spacial score (nSPS) is 10.7. The molecule has 0 radical (unpaired) electrons. The van der Waals surface area contributed by atoms with Gasteiger partial charge >= 0.3 is 0 Å². The summed E-state index contributed by atoms with van der Waals surface area (Å²) in [6, 6.07) is 7.67. The zero-order valence-electron chi connectivity index (χ0n) is 13.6. The molecule has 1 heterocycles. The van der Waals surface area contributed by atoms with Crippen molar-refractivity contribution in [3.8, 4) is 22.8 Å². The van der Waals surface area contributed by atoms with Gasteiger partial charge in [-0.3, -0.25) is 0 Å². The fourth-order valence-corrected chi connectivity index (χ4v) is 2.40. The largest absolute Gasteiger partial charge is 0.508 e. The number of ether oxygens (including phenoxy) is 1. The molecule has 0 spiro atoms. The fraction of sp³-hybridized carbons (Fsp3) is 0.421. The number of rotatable bonds is 9. The molecule has 23 heavy (non-hydrogen) atoms. The van der Waals surface area contributed by atoms with Crippen LogP contribution in [0.3, 0.4) is 0 Å². The van der Waals surface area contributed by atoms with Crippen molar-refractivity contribution in [1.29, 1.82) is 0 Å². The highest BCUT2D eigenvalue weighted by atomic mass is 19.1. The van der Waals surface area contributed by atoms with Crippen molar-refractivity contribution in [1.82, 2.24) is 4.98 Å². The fourth-order valence-electron chi connectivity index (χ4n) is 2.40. The number of phenols is 1. The molecule has 0 aliphatic carbocycles. The molecule has 0 atom stereocenters. The molecule has 1 aromatic heterocycles. The van der Waals surface area contributed by atoms with Crippen molar-refractivity contribution in [3.63, 3.8) is 0 Å². The summed E-state index contributed by atoms with van der Waals surface area (Å²) in [4.78, 5) is 4.14. The van der Waals surface area contributed by atoms with Crippen LogP contribution in [0, 0.1) is 5.82 Å². The quantitative estimate of drug-likeness (QED) is 0.635. The third-order valence-corrected chi connectivity index (χ3v) is 3.72. The first kappa shape index (κ1) is 17.3. The van der Waals surface area contributed by atoms with Crippen molar-refractivity contribution >= 4 is 0 Å². The molecule has 1 aromatic carbocycles. The SMILES string of the molecule is CCCCCCCCOc1cnc(-c2ccc(O)cc2)c(F)c1. The highest BCUT2D eigenvalue weighted by Gasteiger charge is 2.08. The van der Waals surface area contributed by atoms with Crippen molar-refractivity contribution in [3.05, 3.63) is 42.3 Å². The number of nitrogens with zero attached hydrogens (tertiary/aromatic N) is 1. The monoisotopic (exact) mass is 317 g/mol. The molecule has 124 valence electrons. The third-order valence-electron chi connectivity index (χ3n) is 3.72. The van der Waals surface area contributed by atoms with E-state index in [2.05, 4.69) is 11.9 Å². The topological polar surface area (TPSA) is 42.4 Å². The van der Waals surface area contributed by atoms with E-state index in [0.717, 1.165) is 12.8 Å². The van der Waals surface area contributed by atoms with Gasteiger partial charge in [-0.25, -0.2) is 9.37 Å². The minimum atomic E-state index is -0.420. The minimum absolute atomic E-state index is 0.146. The Hall–Kier alpha value is -2.10. The lowest BCUT2D eigenvalue weighted by Crippen LogP contribution is -1.99. The van der Waals surface area contributed by atoms with Crippen LogP contribution in [0.2, 0.25) is 0 Å². The van der Waals surface area contributed by atoms with Gasteiger partial charge in [0, 0.05) is 11.6 Å². The maximum atomic E-state index is 14.1. The van der Waals surface area contributed by atoms with Gasteiger partial charge in [-0.05, 0) is 30.7 Å². The standard InChI is InChI=1S/C19H24FNO2/c1-2-3-4-5-6-7-12-23-17-13-18(20)19(21-14-17)15-8-10-16(22)11-9-15/h8-11,13-14,22H,2-7,12H2,1H3. The third kappa shape index (κ3) is 5.55. The Morgan fingerprint density at radius 3 is 2.43 bits per heavy atom. The van der Waals surface area contributed by atoms with E-state index in [1.54, 1.807) is 18.3 Å². The van der Waals surface area contributed by atoms with Crippen LogP contribution in [0.1, 0.15) is 45.4 Å². The number of pyridine rings is 1. The first-order valence-corrected chi connectivity index (χ1v) is 8.28. The lowest BCUT2D eigenvalue weighted by Gasteiger charge is -2.08. The summed E-state index contributed by atoms with van der Waals surface area (Å²) in [5.41, 5.74) is 0.889. The van der Waals surface area contributed by atoms with E-state index in [-0.39, 0.29) is 11.4 Å². The number of hydrogen-bond donors (Lipinski definition) is 1. The van der Waals surface area contributed by atoms with Crippen LogP contribution in [-0.4, -0.2) is 16.7 Å². The maximum Gasteiger partial charge on any atom is 0.153 e. The van der Waals surface area contributed by atoms with Crippen LogP contribution in [0.5, 0.6) is 11.5 Å². The number of halogens is 1. The Morgan fingerprint density at radius 1 is 1.04 bits per heavy atom. The van der Waals surface area contributed by atoms with Crippen molar-refractivity contribution in [2.45, 2.75) is 45.4 Å². The summed E-state index contributed by atoms with van der Waals surface area (Å²) >= 11 is 0. The summed E-state index contributed by atoms with van der Waals surface area (Å²) in [6.45, 7) is 2.79. The lowest BCUT2D eigenvalue weighted by molar-refractivity contribution is 0.301. The van der Waals surface area contributed by atoms with Gasteiger partial charge in [0.2, 0.25) is 0 Å². The van der Waals surface area contributed by atoms with Crippen molar-refractivity contribution < 1.29 is 14.2 Å². The van der Waals surface area contributed by atoms with Crippen LogP contribution in [0.4, 0.5) is 4.39 Å². The second-order valence-electron chi connectivity index (χ2n) is 5.66. The second-order valence-corrected chi connectivity index (χ2v) is 5.66. The van der Waals surface area contributed by atoms with Crippen LogP contribution >= 0.6 is 0 Å². The van der Waals surface area contributed by atoms with Gasteiger partial charge in [0.25, 0.3) is 0 Å². The van der Waals surface area contributed by atoms with Crippen LogP contribution < -0.4 is 4.74 Å². The molecule has 0 saturated heterocycles. The van der Waals surface area contributed by atoms with Crippen LogP contribution in [0.25, 0.3) is 11.3 Å². The summed E-state index contributed by atoms with van der Waals surface area (Å²) in [7, 11) is 0. The summed E-state index contributed by atoms with van der Waals surface area (Å²) < 4.78 is 19.7. The highest BCUT2D eigenvalue weighted by molar-refractivity contribution is 5.61. The first-order valence-electron chi connectivity index (χ1n) is 8.28. The van der Waals surface area contributed by atoms with E-state index in [1.807, 2.05) is 0 Å². The average Bonchev–Trinajstić information content (AvgIpc) is 2.55. The van der Waals surface area contributed by atoms with Crippen molar-refractivity contribution in [2.24, 2.45) is 0 Å². The number of aromatic hydroxyl groups is 1. The lowest BCUT2D eigenvalue weighted by atomic mass is 10.1. The molecule has 0 aliphatic heterocycles. The molecular weight excluding hydrogens is 293 g/mol. The number of unbranched alkanes of at least 4 members (excludes halogenated alkanes) is 5. The summed E-state index contributed by atoms with van der Waals surface area (Å²) in [6.07, 6.45) is 8.69. The van der Waals surface area contributed by atoms with Gasteiger partial charge < -0.3 is 9.84 Å². The molecule has 0 saturated carbocycles. The molecule has 2 aromatic rings. The summed E-state index contributed by atoms with van der Waals surface area (Å²) in [5.74, 6) is 0.183. The highest BCUT2D eigenvalue weighted by Crippen LogP contribution is 2.25. The van der Waals surface area contributed by atoms with E-state index in [4.69, 9.17) is 4.74 Å².